The van der Waals surface area contributed by atoms with Crippen LogP contribution in [0, 0.1) is 11.8 Å². The average Bonchev–Trinajstić information content (AvgIpc) is 1.96. The molecule has 0 aliphatic rings. The smallest absolute Gasteiger partial charge is 0.405 e. The Kier molecular flexibility index (Phi) is 4.91. The van der Waals surface area contributed by atoms with Crippen LogP contribution < -0.4 is 11.5 Å². The van der Waals surface area contributed by atoms with Crippen LogP contribution >= 0.6 is 0 Å². The van der Waals surface area contributed by atoms with Crippen molar-refractivity contribution in [2.75, 3.05) is 6.54 Å². The van der Waals surface area contributed by atoms with E-state index in [4.69, 9.17) is 16.2 Å². The fraction of sp³-hybridized carbons (Fsp3) is 0.900. The third kappa shape index (κ3) is 3.96. The van der Waals surface area contributed by atoms with Gasteiger partial charge in [0, 0.05) is 5.92 Å². The molecule has 14 heavy (non-hydrogen) atoms. The van der Waals surface area contributed by atoms with Gasteiger partial charge in [-0.1, -0.05) is 13.8 Å². The molecule has 0 radical (unpaired) electrons. The van der Waals surface area contributed by atoms with Crippen LogP contribution in [0.25, 0.3) is 0 Å². The van der Waals surface area contributed by atoms with Crippen molar-refractivity contribution in [2.24, 2.45) is 23.3 Å². The first-order valence-corrected chi connectivity index (χ1v) is 4.99. The Balaban J connectivity index is 4.52. The summed E-state index contributed by atoms with van der Waals surface area (Å²) in [6, 6.07) is 0. The molecule has 4 N–H and O–H groups in total. The van der Waals surface area contributed by atoms with E-state index >= 15 is 0 Å². The minimum atomic E-state index is -0.724. The highest BCUT2D eigenvalue weighted by Crippen LogP contribution is 2.30. The molecule has 0 aliphatic carbocycles. The number of rotatable bonds is 5. The largest absolute Gasteiger partial charge is 0.443 e. The number of amides is 1. The van der Waals surface area contributed by atoms with Gasteiger partial charge < -0.3 is 16.2 Å². The van der Waals surface area contributed by atoms with Crippen LogP contribution in [0.5, 0.6) is 0 Å². The lowest BCUT2D eigenvalue weighted by Crippen LogP contribution is -2.41. The Morgan fingerprint density at radius 3 is 2.21 bits per heavy atom. The quantitative estimate of drug-likeness (QED) is 0.708. The van der Waals surface area contributed by atoms with E-state index < -0.39 is 11.7 Å². The second-order valence-corrected chi connectivity index (χ2v) is 4.45. The molecule has 0 aliphatic heterocycles. The molecule has 0 spiro atoms. The first-order chi connectivity index (χ1) is 6.31. The maximum atomic E-state index is 10.7. The van der Waals surface area contributed by atoms with Gasteiger partial charge in [-0.2, -0.15) is 0 Å². The van der Waals surface area contributed by atoms with E-state index in [1.165, 1.54) is 0 Å². The molecule has 0 aromatic carbocycles. The standard InChI is InChI=1S/C10H22N2O2/c1-7(2)8(5-6-11)10(3,4)14-9(12)13/h7-8H,5-6,11H2,1-4H3,(H2,12,13). The summed E-state index contributed by atoms with van der Waals surface area (Å²) in [7, 11) is 0. The van der Waals surface area contributed by atoms with E-state index in [0.717, 1.165) is 6.42 Å². The highest BCUT2D eigenvalue weighted by atomic mass is 16.6. The Hall–Kier alpha value is -0.770. The molecule has 4 heteroatoms. The minimum absolute atomic E-state index is 0.236. The lowest BCUT2D eigenvalue weighted by molar-refractivity contribution is -0.0200. The second-order valence-electron chi connectivity index (χ2n) is 4.45. The van der Waals surface area contributed by atoms with E-state index in [2.05, 4.69) is 13.8 Å². The monoisotopic (exact) mass is 202 g/mol. The Morgan fingerprint density at radius 1 is 1.43 bits per heavy atom. The number of carbonyl (C=O) groups excluding carboxylic acids is 1. The Morgan fingerprint density at radius 2 is 1.93 bits per heavy atom. The summed E-state index contributed by atoms with van der Waals surface area (Å²) in [6.07, 6.45) is 0.107. The molecule has 0 saturated carbocycles. The topological polar surface area (TPSA) is 78.3 Å². The highest BCUT2D eigenvalue weighted by Gasteiger charge is 2.34. The van der Waals surface area contributed by atoms with Crippen molar-refractivity contribution >= 4 is 6.09 Å². The van der Waals surface area contributed by atoms with Crippen LogP contribution in [0.1, 0.15) is 34.1 Å². The van der Waals surface area contributed by atoms with E-state index in [1.807, 2.05) is 13.8 Å². The summed E-state index contributed by atoms with van der Waals surface area (Å²) in [6.45, 7) is 8.52. The molecule has 0 fully saturated rings. The van der Waals surface area contributed by atoms with E-state index in [0.29, 0.717) is 12.5 Å². The van der Waals surface area contributed by atoms with E-state index in [1.54, 1.807) is 0 Å². The third-order valence-electron chi connectivity index (χ3n) is 2.54. The van der Waals surface area contributed by atoms with E-state index in [-0.39, 0.29) is 5.92 Å². The summed E-state index contributed by atoms with van der Waals surface area (Å²) in [5.74, 6) is 0.646. The molecule has 1 unspecified atom stereocenters. The zero-order chi connectivity index (χ0) is 11.4. The van der Waals surface area contributed by atoms with Gasteiger partial charge in [0.2, 0.25) is 0 Å². The highest BCUT2D eigenvalue weighted by molar-refractivity contribution is 5.65. The van der Waals surface area contributed by atoms with Gasteiger partial charge in [0.05, 0.1) is 0 Å². The van der Waals surface area contributed by atoms with Crippen LogP contribution in [0.4, 0.5) is 4.79 Å². The first-order valence-electron chi connectivity index (χ1n) is 4.99. The maximum Gasteiger partial charge on any atom is 0.405 e. The van der Waals surface area contributed by atoms with Gasteiger partial charge in [0.25, 0.3) is 0 Å². The van der Waals surface area contributed by atoms with Crippen molar-refractivity contribution in [3.8, 4) is 0 Å². The van der Waals surface area contributed by atoms with E-state index in [9.17, 15) is 4.79 Å². The lowest BCUT2D eigenvalue weighted by Gasteiger charge is -2.35. The number of nitrogens with two attached hydrogens (primary N) is 2. The summed E-state index contributed by atoms with van der Waals surface area (Å²) < 4.78 is 5.10. The number of hydrogen-bond donors (Lipinski definition) is 2. The predicted molar refractivity (Wildman–Crippen MR) is 56.7 cm³/mol. The zero-order valence-corrected chi connectivity index (χ0v) is 9.54. The lowest BCUT2D eigenvalue weighted by atomic mass is 9.79. The van der Waals surface area contributed by atoms with Crippen LogP contribution in [0.15, 0.2) is 0 Å². The summed E-state index contributed by atoms with van der Waals surface area (Å²) in [4.78, 5) is 10.7. The molecule has 1 atom stereocenters. The predicted octanol–water partition coefficient (Wildman–Crippen LogP) is 1.48. The fourth-order valence-corrected chi connectivity index (χ4v) is 2.00. The molecule has 0 rings (SSSR count). The zero-order valence-electron chi connectivity index (χ0n) is 9.54. The first kappa shape index (κ1) is 13.2. The van der Waals surface area contributed by atoms with Crippen molar-refractivity contribution in [3.05, 3.63) is 0 Å². The van der Waals surface area contributed by atoms with Crippen LogP contribution in [0.3, 0.4) is 0 Å². The summed E-state index contributed by atoms with van der Waals surface area (Å²) in [5.41, 5.74) is 10.0. The summed E-state index contributed by atoms with van der Waals surface area (Å²) >= 11 is 0. The number of carbonyl (C=O) groups is 1. The fourth-order valence-electron chi connectivity index (χ4n) is 2.00. The molecule has 0 aromatic rings. The Bertz CT molecular complexity index is 191. The third-order valence-corrected chi connectivity index (χ3v) is 2.54. The van der Waals surface area contributed by atoms with Gasteiger partial charge >= 0.3 is 6.09 Å². The van der Waals surface area contributed by atoms with Crippen molar-refractivity contribution in [1.29, 1.82) is 0 Å². The molecular formula is C10H22N2O2. The van der Waals surface area contributed by atoms with Crippen molar-refractivity contribution in [2.45, 2.75) is 39.7 Å². The number of ether oxygens (including phenoxy) is 1. The molecule has 84 valence electrons. The van der Waals surface area contributed by atoms with Gasteiger partial charge in [0.1, 0.15) is 5.60 Å². The second kappa shape index (κ2) is 5.20. The number of hydrogen-bond acceptors (Lipinski definition) is 3. The molecule has 0 heterocycles. The van der Waals surface area contributed by atoms with Gasteiger partial charge in [-0.05, 0) is 32.7 Å². The molecular weight excluding hydrogens is 180 g/mol. The van der Waals surface area contributed by atoms with Crippen molar-refractivity contribution < 1.29 is 9.53 Å². The van der Waals surface area contributed by atoms with Gasteiger partial charge in [0.15, 0.2) is 0 Å². The van der Waals surface area contributed by atoms with Crippen LogP contribution in [0.2, 0.25) is 0 Å². The minimum Gasteiger partial charge on any atom is -0.443 e. The van der Waals surface area contributed by atoms with Crippen molar-refractivity contribution in [3.63, 3.8) is 0 Å². The maximum absolute atomic E-state index is 10.7. The normalized spacial score (nSPS) is 14.1. The van der Waals surface area contributed by atoms with Gasteiger partial charge in [-0.3, -0.25) is 0 Å². The van der Waals surface area contributed by atoms with Gasteiger partial charge in [-0.15, -0.1) is 0 Å². The summed E-state index contributed by atoms with van der Waals surface area (Å²) in [5, 5.41) is 0. The molecule has 0 saturated heterocycles. The SMILES string of the molecule is CC(C)C(CCN)C(C)(C)OC(N)=O. The molecule has 0 bridgehead atoms. The van der Waals surface area contributed by atoms with Crippen LogP contribution in [-0.2, 0) is 4.74 Å². The van der Waals surface area contributed by atoms with Crippen molar-refractivity contribution in [1.82, 2.24) is 0 Å². The molecule has 4 nitrogen and oxygen atoms in total. The Labute approximate surface area is 86.0 Å². The molecule has 1 amide bonds. The average molecular weight is 202 g/mol. The van der Waals surface area contributed by atoms with Gasteiger partial charge in [-0.25, -0.2) is 4.79 Å². The molecule has 0 aromatic heterocycles. The number of primary amides is 1. The van der Waals surface area contributed by atoms with Crippen LogP contribution in [-0.4, -0.2) is 18.2 Å².